The first-order chi connectivity index (χ1) is 12.5. The zero-order valence-corrected chi connectivity index (χ0v) is 15.3. The van der Waals surface area contributed by atoms with Crippen LogP contribution in [0.2, 0.25) is 0 Å². The summed E-state index contributed by atoms with van der Waals surface area (Å²) in [5.74, 6) is -0.280. The summed E-state index contributed by atoms with van der Waals surface area (Å²) in [7, 11) is 0. The Morgan fingerprint density at radius 2 is 2.00 bits per heavy atom. The molecule has 0 bridgehead atoms. The van der Waals surface area contributed by atoms with Crippen LogP contribution in [0.3, 0.4) is 0 Å². The standard InChI is InChI=1S/C19H27N3O4/c1-3-26-19(25)13(2)21-18(24)15-5-7-16(8-6-15)22-17(23)9-4-14-10-11-20-12-14/h5-8,13-14,20H,3-4,9-12H2,1-2H3,(H,21,24)(H,22,23). The molecule has 2 rings (SSSR count). The van der Waals surface area contributed by atoms with Gasteiger partial charge in [-0.05, 0) is 70.0 Å². The number of amides is 2. The lowest BCUT2D eigenvalue weighted by atomic mass is 10.0. The van der Waals surface area contributed by atoms with E-state index in [1.807, 2.05) is 0 Å². The molecular weight excluding hydrogens is 334 g/mol. The van der Waals surface area contributed by atoms with Crippen LogP contribution < -0.4 is 16.0 Å². The maximum absolute atomic E-state index is 12.1. The van der Waals surface area contributed by atoms with Gasteiger partial charge in [0.25, 0.3) is 5.91 Å². The van der Waals surface area contributed by atoms with Crippen LogP contribution in [0, 0.1) is 5.92 Å². The molecule has 1 saturated heterocycles. The molecule has 7 nitrogen and oxygen atoms in total. The zero-order valence-electron chi connectivity index (χ0n) is 15.3. The number of ether oxygens (including phenoxy) is 1. The van der Waals surface area contributed by atoms with Gasteiger partial charge in [-0.1, -0.05) is 0 Å². The molecule has 1 heterocycles. The van der Waals surface area contributed by atoms with E-state index in [0.717, 1.165) is 25.9 Å². The summed E-state index contributed by atoms with van der Waals surface area (Å²) >= 11 is 0. The molecule has 1 fully saturated rings. The Hall–Kier alpha value is -2.41. The Morgan fingerprint density at radius 3 is 2.62 bits per heavy atom. The Bertz CT molecular complexity index is 624. The van der Waals surface area contributed by atoms with Crippen molar-refractivity contribution in [3.8, 4) is 0 Å². The van der Waals surface area contributed by atoms with Crippen LogP contribution in [-0.2, 0) is 14.3 Å². The van der Waals surface area contributed by atoms with Gasteiger partial charge in [0.1, 0.15) is 6.04 Å². The average molecular weight is 361 g/mol. The van der Waals surface area contributed by atoms with Gasteiger partial charge in [-0.25, -0.2) is 4.79 Å². The van der Waals surface area contributed by atoms with Crippen LogP contribution in [0.25, 0.3) is 0 Å². The summed E-state index contributed by atoms with van der Waals surface area (Å²) in [6.45, 7) is 5.57. The third-order valence-electron chi connectivity index (χ3n) is 4.36. The van der Waals surface area contributed by atoms with Crippen molar-refractivity contribution in [1.82, 2.24) is 10.6 Å². The molecule has 7 heteroatoms. The van der Waals surface area contributed by atoms with E-state index in [9.17, 15) is 14.4 Å². The molecule has 0 aliphatic carbocycles. The van der Waals surface area contributed by atoms with E-state index in [0.29, 0.717) is 23.6 Å². The fourth-order valence-electron chi connectivity index (χ4n) is 2.83. The van der Waals surface area contributed by atoms with Gasteiger partial charge in [0.05, 0.1) is 6.61 Å². The maximum atomic E-state index is 12.1. The summed E-state index contributed by atoms with van der Waals surface area (Å²) < 4.78 is 4.86. The normalized spacial score (nSPS) is 17.4. The van der Waals surface area contributed by atoms with E-state index in [1.54, 1.807) is 38.1 Å². The van der Waals surface area contributed by atoms with Gasteiger partial charge in [-0.3, -0.25) is 9.59 Å². The molecule has 3 N–H and O–H groups in total. The summed E-state index contributed by atoms with van der Waals surface area (Å²) in [4.78, 5) is 35.7. The fraction of sp³-hybridized carbons (Fsp3) is 0.526. The van der Waals surface area contributed by atoms with E-state index >= 15 is 0 Å². The van der Waals surface area contributed by atoms with Gasteiger partial charge >= 0.3 is 5.97 Å². The number of esters is 1. The monoisotopic (exact) mass is 361 g/mol. The summed E-state index contributed by atoms with van der Waals surface area (Å²) in [6.07, 6.45) is 2.50. The topological polar surface area (TPSA) is 96.5 Å². The number of carbonyl (C=O) groups is 3. The molecule has 0 saturated carbocycles. The van der Waals surface area contributed by atoms with Crippen molar-refractivity contribution in [2.24, 2.45) is 5.92 Å². The lowest BCUT2D eigenvalue weighted by Crippen LogP contribution is -2.39. The molecule has 1 aromatic carbocycles. The van der Waals surface area contributed by atoms with Crippen LogP contribution in [-0.4, -0.2) is 43.5 Å². The van der Waals surface area contributed by atoms with Crippen molar-refractivity contribution >= 4 is 23.5 Å². The molecule has 0 radical (unpaired) electrons. The van der Waals surface area contributed by atoms with Crippen molar-refractivity contribution in [3.63, 3.8) is 0 Å². The van der Waals surface area contributed by atoms with Crippen LogP contribution in [0.1, 0.15) is 43.5 Å². The van der Waals surface area contributed by atoms with Crippen LogP contribution in [0.15, 0.2) is 24.3 Å². The van der Waals surface area contributed by atoms with E-state index in [4.69, 9.17) is 4.74 Å². The molecule has 142 valence electrons. The number of rotatable bonds is 8. The van der Waals surface area contributed by atoms with Crippen molar-refractivity contribution in [3.05, 3.63) is 29.8 Å². The molecule has 0 spiro atoms. The minimum atomic E-state index is -0.716. The largest absolute Gasteiger partial charge is 0.464 e. The first-order valence-corrected chi connectivity index (χ1v) is 9.07. The van der Waals surface area contributed by atoms with Gasteiger partial charge in [-0.2, -0.15) is 0 Å². The molecule has 2 atom stereocenters. The molecule has 2 amide bonds. The molecule has 1 aliphatic heterocycles. The van der Waals surface area contributed by atoms with E-state index in [1.165, 1.54) is 0 Å². The molecule has 1 aliphatic rings. The fourth-order valence-corrected chi connectivity index (χ4v) is 2.83. The maximum Gasteiger partial charge on any atom is 0.328 e. The molecule has 26 heavy (non-hydrogen) atoms. The lowest BCUT2D eigenvalue weighted by Gasteiger charge is -2.13. The van der Waals surface area contributed by atoms with Crippen molar-refractivity contribution < 1.29 is 19.1 Å². The van der Waals surface area contributed by atoms with Gasteiger partial charge in [0, 0.05) is 17.7 Å². The lowest BCUT2D eigenvalue weighted by molar-refractivity contribution is -0.144. The zero-order chi connectivity index (χ0) is 18.9. The Morgan fingerprint density at radius 1 is 1.27 bits per heavy atom. The minimum absolute atomic E-state index is 0.0231. The number of nitrogens with one attached hydrogen (secondary N) is 3. The second-order valence-corrected chi connectivity index (χ2v) is 6.47. The smallest absolute Gasteiger partial charge is 0.328 e. The van der Waals surface area contributed by atoms with Gasteiger partial charge in [-0.15, -0.1) is 0 Å². The second-order valence-electron chi connectivity index (χ2n) is 6.47. The number of benzene rings is 1. The third-order valence-corrected chi connectivity index (χ3v) is 4.36. The molecule has 1 aromatic rings. The molecular formula is C19H27N3O4. The van der Waals surface area contributed by atoms with Crippen molar-refractivity contribution in [2.45, 2.75) is 39.2 Å². The Labute approximate surface area is 153 Å². The number of anilines is 1. The second kappa shape index (κ2) is 9.91. The van der Waals surface area contributed by atoms with Crippen LogP contribution in [0.4, 0.5) is 5.69 Å². The first-order valence-electron chi connectivity index (χ1n) is 9.07. The highest BCUT2D eigenvalue weighted by molar-refractivity contribution is 5.97. The highest BCUT2D eigenvalue weighted by atomic mass is 16.5. The van der Waals surface area contributed by atoms with Gasteiger partial charge in [0.2, 0.25) is 5.91 Å². The summed E-state index contributed by atoms with van der Waals surface area (Å²) in [5, 5.41) is 8.72. The number of hydrogen-bond donors (Lipinski definition) is 3. The van der Waals surface area contributed by atoms with Crippen LogP contribution in [0.5, 0.6) is 0 Å². The highest BCUT2D eigenvalue weighted by Gasteiger charge is 2.18. The Balaban J connectivity index is 1.80. The Kier molecular flexibility index (Phi) is 7.59. The molecule has 0 aromatic heterocycles. The SMILES string of the molecule is CCOC(=O)C(C)NC(=O)c1ccc(NC(=O)CCC2CCNC2)cc1. The van der Waals surface area contributed by atoms with Gasteiger partial charge in [0.15, 0.2) is 0 Å². The number of carbonyl (C=O) groups excluding carboxylic acids is 3. The van der Waals surface area contributed by atoms with Gasteiger partial charge < -0.3 is 20.7 Å². The minimum Gasteiger partial charge on any atom is -0.464 e. The predicted molar refractivity (Wildman–Crippen MR) is 98.8 cm³/mol. The quantitative estimate of drug-likeness (QED) is 0.613. The number of hydrogen-bond acceptors (Lipinski definition) is 5. The van der Waals surface area contributed by atoms with E-state index < -0.39 is 12.0 Å². The van der Waals surface area contributed by atoms with Crippen LogP contribution >= 0.6 is 0 Å². The summed E-state index contributed by atoms with van der Waals surface area (Å²) in [6, 6.07) is 5.87. The van der Waals surface area contributed by atoms with Crippen molar-refractivity contribution in [2.75, 3.05) is 25.0 Å². The van der Waals surface area contributed by atoms with E-state index in [2.05, 4.69) is 16.0 Å². The first kappa shape index (κ1) is 19.9. The average Bonchev–Trinajstić information content (AvgIpc) is 3.14. The van der Waals surface area contributed by atoms with E-state index in [-0.39, 0.29) is 18.4 Å². The van der Waals surface area contributed by atoms with Crippen molar-refractivity contribution in [1.29, 1.82) is 0 Å². The molecule has 2 unspecified atom stereocenters. The summed E-state index contributed by atoms with van der Waals surface area (Å²) in [5.41, 5.74) is 1.06. The third kappa shape index (κ3) is 6.15. The highest BCUT2D eigenvalue weighted by Crippen LogP contribution is 2.16. The predicted octanol–water partition coefficient (Wildman–Crippen LogP) is 1.70.